The SMILES string of the molecule is C[C@@H](CN(C)C)NC(=O)c1n[nH]c(NC(=O)c2ccccc2Cl)c1Br. The third-order valence-corrected chi connectivity index (χ3v) is 4.40. The molecule has 0 aliphatic heterocycles. The van der Waals surface area contributed by atoms with Crippen molar-refractivity contribution in [1.29, 1.82) is 0 Å². The number of halogens is 2. The summed E-state index contributed by atoms with van der Waals surface area (Å²) >= 11 is 9.31. The zero-order valence-corrected chi connectivity index (χ0v) is 16.4. The number of carbonyl (C=O) groups is 2. The first-order valence-corrected chi connectivity index (χ1v) is 8.72. The van der Waals surface area contributed by atoms with E-state index in [2.05, 4.69) is 36.8 Å². The van der Waals surface area contributed by atoms with Crippen molar-refractivity contribution < 1.29 is 9.59 Å². The number of nitrogens with one attached hydrogen (secondary N) is 3. The number of aromatic nitrogens is 2. The van der Waals surface area contributed by atoms with Gasteiger partial charge < -0.3 is 15.5 Å². The number of H-pyrrole nitrogens is 1. The fraction of sp³-hybridized carbons (Fsp3) is 0.312. The largest absolute Gasteiger partial charge is 0.347 e. The first-order chi connectivity index (χ1) is 11.8. The van der Waals surface area contributed by atoms with E-state index in [9.17, 15) is 9.59 Å². The predicted octanol–water partition coefficient (Wildman–Crippen LogP) is 2.76. The molecule has 0 bridgehead atoms. The minimum Gasteiger partial charge on any atom is -0.347 e. The molecule has 0 saturated carbocycles. The molecule has 0 spiro atoms. The normalized spacial score (nSPS) is 12.1. The fourth-order valence-electron chi connectivity index (χ4n) is 2.27. The summed E-state index contributed by atoms with van der Waals surface area (Å²) in [7, 11) is 3.85. The van der Waals surface area contributed by atoms with E-state index in [0.29, 0.717) is 21.6 Å². The minimum absolute atomic E-state index is 0.0488. The maximum atomic E-state index is 12.3. The maximum Gasteiger partial charge on any atom is 0.273 e. The lowest BCUT2D eigenvalue weighted by molar-refractivity contribution is 0.0927. The van der Waals surface area contributed by atoms with Gasteiger partial charge in [-0.25, -0.2) is 0 Å². The molecule has 0 unspecified atom stereocenters. The highest BCUT2D eigenvalue weighted by molar-refractivity contribution is 9.10. The highest BCUT2D eigenvalue weighted by Crippen LogP contribution is 2.25. The molecular weight excluding hydrogens is 410 g/mol. The van der Waals surface area contributed by atoms with Crippen molar-refractivity contribution in [3.8, 4) is 0 Å². The number of amides is 2. The highest BCUT2D eigenvalue weighted by Gasteiger charge is 2.21. The molecule has 0 aliphatic rings. The van der Waals surface area contributed by atoms with Gasteiger partial charge in [-0.3, -0.25) is 14.7 Å². The van der Waals surface area contributed by atoms with Gasteiger partial charge >= 0.3 is 0 Å². The van der Waals surface area contributed by atoms with Crippen molar-refractivity contribution in [2.45, 2.75) is 13.0 Å². The monoisotopic (exact) mass is 427 g/mol. The van der Waals surface area contributed by atoms with Crippen LogP contribution in [0.15, 0.2) is 28.7 Å². The van der Waals surface area contributed by atoms with Gasteiger partial charge in [0, 0.05) is 12.6 Å². The summed E-state index contributed by atoms with van der Waals surface area (Å²) in [5, 5.41) is 12.5. The first kappa shape index (κ1) is 19.4. The average molecular weight is 429 g/mol. The zero-order chi connectivity index (χ0) is 18.6. The van der Waals surface area contributed by atoms with E-state index < -0.39 is 5.91 Å². The number of carbonyl (C=O) groups excluding carboxylic acids is 2. The Labute approximate surface area is 159 Å². The molecule has 3 N–H and O–H groups in total. The molecule has 0 fully saturated rings. The number of aromatic amines is 1. The van der Waals surface area contributed by atoms with Crippen molar-refractivity contribution in [2.24, 2.45) is 0 Å². The Bertz CT molecular complexity index is 778. The van der Waals surface area contributed by atoms with E-state index in [1.165, 1.54) is 0 Å². The van der Waals surface area contributed by atoms with Crippen LogP contribution < -0.4 is 10.6 Å². The molecule has 0 aliphatic carbocycles. The van der Waals surface area contributed by atoms with Crippen LogP contribution in [-0.2, 0) is 0 Å². The van der Waals surface area contributed by atoms with Gasteiger partial charge in [0.1, 0.15) is 5.82 Å². The van der Waals surface area contributed by atoms with E-state index in [-0.39, 0.29) is 23.5 Å². The Morgan fingerprint density at radius 2 is 2.00 bits per heavy atom. The first-order valence-electron chi connectivity index (χ1n) is 7.55. The summed E-state index contributed by atoms with van der Waals surface area (Å²) in [5.74, 6) is -0.450. The number of benzene rings is 1. The molecule has 134 valence electrons. The summed E-state index contributed by atoms with van der Waals surface area (Å²) < 4.78 is 0.377. The van der Waals surface area contributed by atoms with Crippen molar-refractivity contribution in [2.75, 3.05) is 26.0 Å². The Balaban J connectivity index is 2.09. The van der Waals surface area contributed by atoms with Crippen LogP contribution >= 0.6 is 27.5 Å². The van der Waals surface area contributed by atoms with E-state index in [1.807, 2.05) is 25.9 Å². The lowest BCUT2D eigenvalue weighted by Gasteiger charge is -2.17. The van der Waals surface area contributed by atoms with Crippen molar-refractivity contribution in [1.82, 2.24) is 20.4 Å². The summed E-state index contributed by atoms with van der Waals surface area (Å²) in [4.78, 5) is 26.6. The summed E-state index contributed by atoms with van der Waals surface area (Å²) in [6.45, 7) is 2.60. The molecule has 0 radical (unpaired) electrons. The van der Waals surface area contributed by atoms with E-state index in [0.717, 1.165) is 0 Å². The van der Waals surface area contributed by atoms with Gasteiger partial charge in [-0.2, -0.15) is 5.10 Å². The Morgan fingerprint density at radius 3 is 2.64 bits per heavy atom. The predicted molar refractivity (Wildman–Crippen MR) is 101 cm³/mol. The zero-order valence-electron chi connectivity index (χ0n) is 14.1. The highest BCUT2D eigenvalue weighted by atomic mass is 79.9. The van der Waals surface area contributed by atoms with Crippen LogP contribution in [0.5, 0.6) is 0 Å². The molecule has 0 saturated heterocycles. The lowest BCUT2D eigenvalue weighted by atomic mass is 10.2. The van der Waals surface area contributed by atoms with Crippen LogP contribution in [0.3, 0.4) is 0 Å². The molecule has 1 aromatic heterocycles. The molecule has 2 amide bonds. The van der Waals surface area contributed by atoms with Crippen LogP contribution in [0.4, 0.5) is 5.82 Å². The van der Waals surface area contributed by atoms with E-state index in [1.54, 1.807) is 24.3 Å². The van der Waals surface area contributed by atoms with Gasteiger partial charge in [0.25, 0.3) is 11.8 Å². The summed E-state index contributed by atoms with van der Waals surface area (Å²) in [6, 6.07) is 6.64. The molecular formula is C16H19BrClN5O2. The van der Waals surface area contributed by atoms with Crippen LogP contribution in [0.25, 0.3) is 0 Å². The van der Waals surface area contributed by atoms with Gasteiger partial charge in [-0.1, -0.05) is 23.7 Å². The smallest absolute Gasteiger partial charge is 0.273 e. The summed E-state index contributed by atoms with van der Waals surface area (Å²) in [5.41, 5.74) is 0.497. The van der Waals surface area contributed by atoms with Gasteiger partial charge in [0.05, 0.1) is 15.1 Å². The van der Waals surface area contributed by atoms with Crippen LogP contribution in [-0.4, -0.2) is 53.6 Å². The molecule has 1 aromatic carbocycles. The van der Waals surface area contributed by atoms with E-state index in [4.69, 9.17) is 11.6 Å². The van der Waals surface area contributed by atoms with Gasteiger partial charge in [0.2, 0.25) is 0 Å². The third kappa shape index (κ3) is 5.04. The maximum absolute atomic E-state index is 12.3. The topological polar surface area (TPSA) is 90.1 Å². The molecule has 2 aromatic rings. The van der Waals surface area contributed by atoms with Crippen LogP contribution in [0.2, 0.25) is 5.02 Å². The lowest BCUT2D eigenvalue weighted by Crippen LogP contribution is -2.39. The number of nitrogens with zero attached hydrogens (tertiary/aromatic N) is 2. The van der Waals surface area contributed by atoms with Crippen molar-refractivity contribution in [3.05, 3.63) is 45.0 Å². The molecule has 1 atom stereocenters. The number of hydrogen-bond acceptors (Lipinski definition) is 4. The number of rotatable bonds is 6. The molecule has 25 heavy (non-hydrogen) atoms. The Morgan fingerprint density at radius 1 is 1.32 bits per heavy atom. The molecule has 2 rings (SSSR count). The minimum atomic E-state index is -0.400. The van der Waals surface area contributed by atoms with E-state index >= 15 is 0 Å². The second kappa shape index (κ2) is 8.46. The van der Waals surface area contributed by atoms with Gasteiger partial charge in [-0.05, 0) is 49.1 Å². The fourth-order valence-corrected chi connectivity index (χ4v) is 2.95. The number of likely N-dealkylation sites (N-methyl/N-ethyl adjacent to an activating group) is 1. The second-order valence-corrected chi connectivity index (χ2v) is 7.03. The van der Waals surface area contributed by atoms with Crippen LogP contribution in [0, 0.1) is 0 Å². The van der Waals surface area contributed by atoms with Gasteiger partial charge in [0.15, 0.2) is 5.69 Å². The second-order valence-electron chi connectivity index (χ2n) is 5.83. The molecule has 7 nitrogen and oxygen atoms in total. The summed E-state index contributed by atoms with van der Waals surface area (Å²) in [6.07, 6.45) is 0. The quantitative estimate of drug-likeness (QED) is 0.660. The standard InChI is InChI=1S/C16H19BrClN5O2/c1-9(8-23(2)3)19-16(25)13-12(17)14(22-21-13)20-15(24)10-6-4-5-7-11(10)18/h4-7,9H,8H2,1-3H3,(H,19,25)(H2,20,21,22,24)/t9-/m0/s1. The molecule has 1 heterocycles. The Kier molecular flexibility index (Phi) is 6.57. The van der Waals surface area contributed by atoms with Crippen molar-refractivity contribution >= 4 is 45.2 Å². The molecule has 9 heteroatoms. The van der Waals surface area contributed by atoms with Crippen molar-refractivity contribution in [3.63, 3.8) is 0 Å². The Hall–Kier alpha value is -1.90. The van der Waals surface area contributed by atoms with Crippen LogP contribution in [0.1, 0.15) is 27.8 Å². The number of anilines is 1. The third-order valence-electron chi connectivity index (χ3n) is 3.30. The number of hydrogen-bond donors (Lipinski definition) is 3. The van der Waals surface area contributed by atoms with Gasteiger partial charge in [-0.15, -0.1) is 0 Å². The average Bonchev–Trinajstić information content (AvgIpc) is 2.87.